The topological polar surface area (TPSA) is 59.9 Å². The molecule has 2 aliphatic heterocycles. The molecule has 2 fully saturated rings. The Kier molecular flexibility index (Phi) is 6.14. The third-order valence-electron chi connectivity index (χ3n) is 5.88. The maximum atomic E-state index is 12.8. The number of rotatable bonds is 5. The summed E-state index contributed by atoms with van der Waals surface area (Å²) < 4.78 is 0. The van der Waals surface area contributed by atoms with Gasteiger partial charge in [-0.15, -0.1) is 0 Å². The first-order chi connectivity index (χ1) is 12.6. The van der Waals surface area contributed by atoms with Gasteiger partial charge >= 0.3 is 0 Å². The predicted octanol–water partition coefficient (Wildman–Crippen LogP) is 1.85. The van der Waals surface area contributed by atoms with E-state index in [4.69, 9.17) is 0 Å². The zero-order chi connectivity index (χ0) is 18.6. The molecule has 0 spiro atoms. The molecule has 144 valence electrons. The Morgan fingerprint density at radius 3 is 2.73 bits per heavy atom. The molecule has 2 aliphatic rings. The highest BCUT2D eigenvalue weighted by Crippen LogP contribution is 2.35. The summed E-state index contributed by atoms with van der Waals surface area (Å²) in [5, 5.41) is 9.96. The smallest absolute Gasteiger partial charge is 0.254 e. The fourth-order valence-electron chi connectivity index (χ4n) is 4.26. The number of aromatic nitrogens is 1. The van der Waals surface area contributed by atoms with Crippen molar-refractivity contribution in [2.45, 2.75) is 32.6 Å². The third-order valence-corrected chi connectivity index (χ3v) is 5.88. The number of piperazine rings is 1. The number of anilines is 1. The summed E-state index contributed by atoms with van der Waals surface area (Å²) in [5.41, 5.74) is 0.682. The van der Waals surface area contributed by atoms with Gasteiger partial charge in [0.1, 0.15) is 5.82 Å². The minimum Gasteiger partial charge on any atom is -0.396 e. The lowest BCUT2D eigenvalue weighted by Crippen LogP contribution is -2.47. The van der Waals surface area contributed by atoms with Crippen LogP contribution in [0.25, 0.3) is 0 Å². The fourth-order valence-corrected chi connectivity index (χ4v) is 4.26. The van der Waals surface area contributed by atoms with E-state index in [9.17, 15) is 9.90 Å². The molecule has 1 aromatic rings. The lowest BCUT2D eigenvalue weighted by molar-refractivity contribution is 0.0664. The second kappa shape index (κ2) is 8.35. The van der Waals surface area contributed by atoms with Crippen LogP contribution in [0.2, 0.25) is 0 Å². The molecule has 0 bridgehead atoms. The molecule has 0 radical (unpaired) electrons. The lowest BCUT2D eigenvalue weighted by Gasteiger charge is -2.42. The first kappa shape index (κ1) is 19.1. The fraction of sp³-hybridized carbons (Fsp3) is 0.700. The molecule has 1 atom stereocenters. The quantitative estimate of drug-likeness (QED) is 0.868. The largest absolute Gasteiger partial charge is 0.396 e. The molecule has 1 N–H and O–H groups in total. The van der Waals surface area contributed by atoms with Crippen LogP contribution < -0.4 is 4.90 Å². The Bertz CT molecular complexity index is 612. The van der Waals surface area contributed by atoms with E-state index in [0.717, 1.165) is 76.3 Å². The molecule has 3 rings (SSSR count). The van der Waals surface area contributed by atoms with Gasteiger partial charge < -0.3 is 19.8 Å². The average molecular weight is 361 g/mol. The van der Waals surface area contributed by atoms with Crippen molar-refractivity contribution < 1.29 is 9.90 Å². The number of aliphatic hydroxyl groups is 1. The van der Waals surface area contributed by atoms with E-state index in [1.165, 1.54) is 0 Å². The molecule has 6 heteroatoms. The van der Waals surface area contributed by atoms with Crippen molar-refractivity contribution in [1.29, 1.82) is 0 Å². The number of aliphatic hydroxyl groups excluding tert-OH is 1. The van der Waals surface area contributed by atoms with Crippen LogP contribution in [0.15, 0.2) is 18.3 Å². The summed E-state index contributed by atoms with van der Waals surface area (Å²) in [6, 6.07) is 3.75. The summed E-state index contributed by atoms with van der Waals surface area (Å²) in [4.78, 5) is 23.8. The third kappa shape index (κ3) is 4.18. The molecule has 2 saturated heterocycles. The van der Waals surface area contributed by atoms with E-state index in [1.54, 1.807) is 6.20 Å². The maximum absolute atomic E-state index is 12.8. The van der Waals surface area contributed by atoms with Crippen molar-refractivity contribution in [3.8, 4) is 0 Å². The molecule has 0 unspecified atom stereocenters. The van der Waals surface area contributed by atoms with Crippen molar-refractivity contribution in [3.63, 3.8) is 0 Å². The molecule has 1 amide bonds. The first-order valence-corrected chi connectivity index (χ1v) is 9.86. The Labute approximate surface area is 156 Å². The number of hydrogen-bond acceptors (Lipinski definition) is 5. The van der Waals surface area contributed by atoms with Gasteiger partial charge in [0, 0.05) is 56.4 Å². The minimum absolute atomic E-state index is 0.0356. The zero-order valence-corrected chi connectivity index (χ0v) is 16.2. The summed E-state index contributed by atoms with van der Waals surface area (Å²) in [6.45, 7) is 7.54. The molecule has 0 saturated carbocycles. The van der Waals surface area contributed by atoms with Gasteiger partial charge in [0.2, 0.25) is 0 Å². The second-order valence-corrected chi connectivity index (χ2v) is 7.93. The van der Waals surface area contributed by atoms with Gasteiger partial charge in [-0.2, -0.15) is 0 Å². The van der Waals surface area contributed by atoms with Crippen LogP contribution in [0.4, 0.5) is 5.82 Å². The summed E-state index contributed by atoms with van der Waals surface area (Å²) in [5.74, 6) is 0.958. The van der Waals surface area contributed by atoms with Crippen LogP contribution in [-0.2, 0) is 0 Å². The van der Waals surface area contributed by atoms with Crippen LogP contribution >= 0.6 is 0 Å². The van der Waals surface area contributed by atoms with E-state index in [0.29, 0.717) is 0 Å². The van der Waals surface area contributed by atoms with Crippen molar-refractivity contribution in [1.82, 2.24) is 14.8 Å². The number of pyridine rings is 1. The van der Waals surface area contributed by atoms with Gasteiger partial charge in [-0.1, -0.05) is 13.3 Å². The number of piperidine rings is 1. The maximum Gasteiger partial charge on any atom is 0.254 e. The number of hydrogen-bond donors (Lipinski definition) is 1. The van der Waals surface area contributed by atoms with Crippen LogP contribution in [0.3, 0.4) is 0 Å². The highest BCUT2D eigenvalue weighted by atomic mass is 16.3. The normalized spacial score (nSPS) is 24.7. The van der Waals surface area contributed by atoms with Crippen LogP contribution in [0.1, 0.15) is 43.0 Å². The summed E-state index contributed by atoms with van der Waals surface area (Å²) in [6.07, 6.45) is 5.96. The Hall–Kier alpha value is -1.66. The molecule has 0 aromatic carbocycles. The molecular weight excluding hydrogens is 328 g/mol. The number of likely N-dealkylation sites (N-methyl/N-ethyl adjacent to an activating group) is 1. The first-order valence-electron chi connectivity index (χ1n) is 9.86. The molecule has 3 heterocycles. The Morgan fingerprint density at radius 2 is 2.04 bits per heavy atom. The van der Waals surface area contributed by atoms with E-state index < -0.39 is 0 Å². The van der Waals surface area contributed by atoms with Gasteiger partial charge in [-0.3, -0.25) is 4.79 Å². The van der Waals surface area contributed by atoms with E-state index in [2.05, 4.69) is 28.8 Å². The number of amides is 1. The van der Waals surface area contributed by atoms with Gasteiger partial charge in [0.15, 0.2) is 0 Å². The molecule has 26 heavy (non-hydrogen) atoms. The van der Waals surface area contributed by atoms with Crippen molar-refractivity contribution in [2.75, 3.05) is 57.8 Å². The zero-order valence-electron chi connectivity index (χ0n) is 16.2. The molecule has 1 aromatic heterocycles. The van der Waals surface area contributed by atoms with E-state index in [1.807, 2.05) is 17.0 Å². The van der Waals surface area contributed by atoms with Crippen LogP contribution in [-0.4, -0.2) is 78.7 Å². The van der Waals surface area contributed by atoms with Gasteiger partial charge in [-0.25, -0.2) is 4.98 Å². The SMILES string of the molecule is CCC[C@@]1(CO)CCCN(c2cc(C(=O)N3CCN(C)CC3)ccn2)C1. The standard InChI is InChI=1S/C20H32N4O2/c1-3-6-20(16-25)7-4-9-24(15-20)18-14-17(5-8-21-18)19(26)23-12-10-22(2)11-13-23/h5,8,14,25H,3-4,6-7,9-13,15-16H2,1-2H3/t20-/m1/s1. The van der Waals surface area contributed by atoms with Gasteiger partial charge in [-0.05, 0) is 38.4 Å². The van der Waals surface area contributed by atoms with Crippen molar-refractivity contribution in [3.05, 3.63) is 23.9 Å². The molecule has 0 aliphatic carbocycles. The summed E-state index contributed by atoms with van der Waals surface area (Å²) >= 11 is 0. The lowest BCUT2D eigenvalue weighted by atomic mass is 9.77. The Balaban J connectivity index is 1.73. The molecular formula is C20H32N4O2. The number of carbonyl (C=O) groups excluding carboxylic acids is 1. The molecule has 6 nitrogen and oxygen atoms in total. The number of carbonyl (C=O) groups is 1. The second-order valence-electron chi connectivity index (χ2n) is 7.93. The average Bonchev–Trinajstić information content (AvgIpc) is 2.68. The van der Waals surface area contributed by atoms with Gasteiger partial charge in [0.25, 0.3) is 5.91 Å². The monoisotopic (exact) mass is 360 g/mol. The van der Waals surface area contributed by atoms with Gasteiger partial charge in [0.05, 0.1) is 6.61 Å². The van der Waals surface area contributed by atoms with E-state index in [-0.39, 0.29) is 17.9 Å². The van der Waals surface area contributed by atoms with E-state index >= 15 is 0 Å². The highest BCUT2D eigenvalue weighted by molar-refractivity contribution is 5.95. The predicted molar refractivity (Wildman–Crippen MR) is 104 cm³/mol. The summed E-state index contributed by atoms with van der Waals surface area (Å²) in [7, 11) is 2.09. The van der Waals surface area contributed by atoms with Crippen LogP contribution in [0.5, 0.6) is 0 Å². The minimum atomic E-state index is -0.0356. The number of nitrogens with zero attached hydrogens (tertiary/aromatic N) is 4. The Morgan fingerprint density at radius 1 is 1.27 bits per heavy atom. The van der Waals surface area contributed by atoms with Crippen molar-refractivity contribution >= 4 is 11.7 Å². The van der Waals surface area contributed by atoms with Crippen LogP contribution in [0, 0.1) is 5.41 Å². The highest BCUT2D eigenvalue weighted by Gasteiger charge is 2.34. The van der Waals surface area contributed by atoms with Crippen molar-refractivity contribution in [2.24, 2.45) is 5.41 Å².